The van der Waals surface area contributed by atoms with E-state index < -0.39 is 9.84 Å². The molecule has 2 N–H and O–H groups in total. The van der Waals surface area contributed by atoms with Gasteiger partial charge in [-0.25, -0.2) is 8.42 Å². The number of nitrogen functional groups attached to an aromatic ring is 1. The average molecular weight is 282 g/mol. The van der Waals surface area contributed by atoms with E-state index in [1.807, 2.05) is 6.07 Å². The molecule has 0 aliphatic carbocycles. The molecule has 2 rings (SSSR count). The molecule has 1 aromatic carbocycles. The van der Waals surface area contributed by atoms with Gasteiger partial charge in [0.2, 0.25) is 0 Å². The molecule has 1 fully saturated rings. The number of nitrogens with two attached hydrogens (primary N) is 1. The number of hydrogen-bond donors (Lipinski definition) is 1. The molecular formula is C14H22N2O2S. The zero-order chi connectivity index (χ0) is 14.2. The highest BCUT2D eigenvalue weighted by atomic mass is 32.2. The van der Waals surface area contributed by atoms with E-state index in [0.717, 1.165) is 18.7 Å². The second-order valence-corrected chi connectivity index (χ2v) is 7.50. The number of benzene rings is 1. The molecule has 0 bridgehead atoms. The van der Waals surface area contributed by atoms with E-state index in [-0.39, 0.29) is 4.90 Å². The predicted octanol–water partition coefficient (Wildman–Crippen LogP) is 2.30. The Morgan fingerprint density at radius 1 is 1.32 bits per heavy atom. The van der Waals surface area contributed by atoms with E-state index in [9.17, 15) is 8.42 Å². The summed E-state index contributed by atoms with van der Waals surface area (Å²) in [6.45, 7) is 5.34. The summed E-state index contributed by atoms with van der Waals surface area (Å²) < 4.78 is 23.5. The molecule has 1 aliphatic rings. The highest BCUT2D eigenvalue weighted by Gasteiger charge is 2.27. The number of sulfone groups is 1. The fourth-order valence-corrected chi connectivity index (χ4v) is 3.61. The summed E-state index contributed by atoms with van der Waals surface area (Å²) in [5, 5.41) is 0. The van der Waals surface area contributed by atoms with Crippen LogP contribution in [-0.2, 0) is 9.84 Å². The monoisotopic (exact) mass is 282 g/mol. The minimum Gasteiger partial charge on any atom is -0.396 e. The Morgan fingerprint density at radius 2 is 2.00 bits per heavy atom. The zero-order valence-electron chi connectivity index (χ0n) is 11.8. The second kappa shape index (κ2) is 5.04. The van der Waals surface area contributed by atoms with Gasteiger partial charge in [0.25, 0.3) is 0 Å². The summed E-state index contributed by atoms with van der Waals surface area (Å²) in [6.07, 6.45) is 3.53. The van der Waals surface area contributed by atoms with Crippen LogP contribution in [0.3, 0.4) is 0 Å². The molecule has 0 saturated carbocycles. The smallest absolute Gasteiger partial charge is 0.177 e. The first-order valence-corrected chi connectivity index (χ1v) is 8.56. The molecule has 2 atom stereocenters. The van der Waals surface area contributed by atoms with Gasteiger partial charge in [-0.3, -0.25) is 0 Å². The number of rotatable bonds is 2. The van der Waals surface area contributed by atoms with E-state index in [0.29, 0.717) is 17.6 Å². The normalized spacial score (nSPS) is 24.5. The van der Waals surface area contributed by atoms with Crippen LogP contribution in [0, 0.1) is 5.92 Å². The van der Waals surface area contributed by atoms with Crippen molar-refractivity contribution in [2.45, 2.75) is 37.6 Å². The van der Waals surface area contributed by atoms with Gasteiger partial charge in [0, 0.05) is 18.8 Å². The summed E-state index contributed by atoms with van der Waals surface area (Å²) in [5.74, 6) is 0.593. The van der Waals surface area contributed by atoms with Crippen molar-refractivity contribution in [2.24, 2.45) is 5.92 Å². The molecule has 0 radical (unpaired) electrons. The quantitative estimate of drug-likeness (QED) is 0.845. The van der Waals surface area contributed by atoms with E-state index in [1.54, 1.807) is 12.1 Å². The van der Waals surface area contributed by atoms with Crippen molar-refractivity contribution >= 4 is 21.2 Å². The Bertz CT molecular complexity index is 569. The molecule has 0 amide bonds. The van der Waals surface area contributed by atoms with E-state index in [4.69, 9.17) is 5.73 Å². The van der Waals surface area contributed by atoms with Crippen LogP contribution in [0.1, 0.15) is 26.7 Å². The standard InChI is InChI=1S/C14H22N2O2S/c1-10-6-5-9-16(11(10)2)12-7-4-8-13(14(12)15)19(3,17)18/h4,7-8,10-11H,5-6,9,15H2,1-3H3. The van der Waals surface area contributed by atoms with Gasteiger partial charge in [-0.1, -0.05) is 13.0 Å². The summed E-state index contributed by atoms with van der Waals surface area (Å²) in [6, 6.07) is 5.64. The van der Waals surface area contributed by atoms with Crippen molar-refractivity contribution in [3.05, 3.63) is 18.2 Å². The van der Waals surface area contributed by atoms with Gasteiger partial charge in [-0.05, 0) is 37.8 Å². The topological polar surface area (TPSA) is 63.4 Å². The molecular weight excluding hydrogens is 260 g/mol. The fraction of sp³-hybridized carbons (Fsp3) is 0.571. The van der Waals surface area contributed by atoms with Gasteiger partial charge in [0.15, 0.2) is 9.84 Å². The summed E-state index contributed by atoms with van der Waals surface area (Å²) in [5.41, 5.74) is 7.32. The van der Waals surface area contributed by atoms with Crippen molar-refractivity contribution < 1.29 is 8.42 Å². The predicted molar refractivity (Wildman–Crippen MR) is 79.2 cm³/mol. The van der Waals surface area contributed by atoms with Crippen molar-refractivity contribution in [1.29, 1.82) is 0 Å². The summed E-state index contributed by atoms with van der Waals surface area (Å²) in [4.78, 5) is 2.47. The number of hydrogen-bond acceptors (Lipinski definition) is 4. The Labute approximate surface area is 115 Å². The van der Waals surface area contributed by atoms with Crippen LogP contribution in [0.5, 0.6) is 0 Å². The van der Waals surface area contributed by atoms with Gasteiger partial charge >= 0.3 is 0 Å². The third-order valence-corrected chi connectivity index (χ3v) is 5.28. The maximum Gasteiger partial charge on any atom is 0.177 e. The van der Waals surface area contributed by atoms with Gasteiger partial charge in [-0.15, -0.1) is 0 Å². The zero-order valence-corrected chi connectivity index (χ0v) is 12.6. The Kier molecular flexibility index (Phi) is 3.76. The summed E-state index contributed by atoms with van der Waals surface area (Å²) in [7, 11) is -3.28. The average Bonchev–Trinajstić information content (AvgIpc) is 2.32. The molecule has 0 spiro atoms. The molecule has 1 aliphatic heterocycles. The maximum absolute atomic E-state index is 11.7. The SMILES string of the molecule is CC1CCCN(c2cccc(S(C)(=O)=O)c2N)C1C. The van der Waals surface area contributed by atoms with Crippen LogP contribution in [0.25, 0.3) is 0 Å². The summed E-state index contributed by atoms with van der Waals surface area (Å²) >= 11 is 0. The first kappa shape index (κ1) is 14.2. The molecule has 5 heteroatoms. The van der Waals surface area contributed by atoms with Crippen molar-refractivity contribution in [3.8, 4) is 0 Å². The van der Waals surface area contributed by atoms with Crippen LogP contribution in [0.4, 0.5) is 11.4 Å². The number of nitrogens with zero attached hydrogens (tertiary/aromatic N) is 1. The molecule has 1 aromatic rings. The highest BCUT2D eigenvalue weighted by Crippen LogP contribution is 2.35. The lowest BCUT2D eigenvalue weighted by atomic mass is 9.91. The molecule has 19 heavy (non-hydrogen) atoms. The first-order chi connectivity index (χ1) is 8.82. The lowest BCUT2D eigenvalue weighted by Gasteiger charge is -2.40. The van der Waals surface area contributed by atoms with E-state index in [1.165, 1.54) is 12.7 Å². The first-order valence-electron chi connectivity index (χ1n) is 6.67. The second-order valence-electron chi connectivity index (χ2n) is 5.51. The van der Waals surface area contributed by atoms with Crippen molar-refractivity contribution in [3.63, 3.8) is 0 Å². The van der Waals surface area contributed by atoms with Gasteiger partial charge < -0.3 is 10.6 Å². The van der Waals surface area contributed by atoms with Gasteiger partial charge in [0.1, 0.15) is 0 Å². The molecule has 1 saturated heterocycles. The Balaban J connectivity index is 2.46. The van der Waals surface area contributed by atoms with E-state index in [2.05, 4.69) is 18.7 Å². The molecule has 106 valence electrons. The van der Waals surface area contributed by atoms with Crippen LogP contribution >= 0.6 is 0 Å². The molecule has 0 aromatic heterocycles. The van der Waals surface area contributed by atoms with Crippen LogP contribution in [0.15, 0.2) is 23.1 Å². The number of para-hydroxylation sites is 1. The maximum atomic E-state index is 11.7. The molecule has 1 heterocycles. The highest BCUT2D eigenvalue weighted by molar-refractivity contribution is 7.90. The van der Waals surface area contributed by atoms with Crippen LogP contribution in [-0.4, -0.2) is 27.3 Å². The number of piperidine rings is 1. The van der Waals surface area contributed by atoms with Gasteiger partial charge in [0.05, 0.1) is 16.3 Å². The van der Waals surface area contributed by atoms with E-state index >= 15 is 0 Å². The lowest BCUT2D eigenvalue weighted by Crippen LogP contribution is -2.42. The largest absolute Gasteiger partial charge is 0.396 e. The Hall–Kier alpha value is -1.23. The van der Waals surface area contributed by atoms with Gasteiger partial charge in [-0.2, -0.15) is 0 Å². The van der Waals surface area contributed by atoms with Crippen molar-refractivity contribution in [2.75, 3.05) is 23.4 Å². The minimum atomic E-state index is -3.28. The van der Waals surface area contributed by atoms with Crippen LogP contribution < -0.4 is 10.6 Å². The third kappa shape index (κ3) is 2.71. The minimum absolute atomic E-state index is 0.232. The fourth-order valence-electron chi connectivity index (χ4n) is 2.78. The number of anilines is 2. The lowest BCUT2D eigenvalue weighted by molar-refractivity contribution is 0.364. The molecule has 4 nitrogen and oxygen atoms in total. The molecule has 2 unspecified atom stereocenters. The van der Waals surface area contributed by atoms with Crippen LogP contribution in [0.2, 0.25) is 0 Å². The third-order valence-electron chi connectivity index (χ3n) is 4.13. The van der Waals surface area contributed by atoms with Crippen molar-refractivity contribution in [1.82, 2.24) is 0 Å². The Morgan fingerprint density at radius 3 is 2.63 bits per heavy atom.